The third kappa shape index (κ3) is 4.32. The van der Waals surface area contributed by atoms with Crippen LogP contribution in [0.1, 0.15) is 29.4 Å². The molecule has 10 heteroatoms. The molecule has 0 unspecified atom stereocenters. The van der Waals surface area contributed by atoms with Crippen molar-refractivity contribution in [1.82, 2.24) is 25.1 Å². The molecule has 0 saturated carbocycles. The van der Waals surface area contributed by atoms with Crippen LogP contribution in [-0.2, 0) is 9.53 Å². The van der Waals surface area contributed by atoms with Gasteiger partial charge in [-0.1, -0.05) is 0 Å². The third-order valence-corrected chi connectivity index (χ3v) is 4.68. The molecule has 3 heterocycles. The number of amides is 1. The van der Waals surface area contributed by atoms with E-state index in [-0.39, 0.29) is 31.6 Å². The molecule has 0 saturated heterocycles. The number of nitrogens with zero attached hydrogens (tertiary/aromatic N) is 4. The fourth-order valence-corrected chi connectivity index (χ4v) is 3.11. The van der Waals surface area contributed by atoms with Gasteiger partial charge in [0.1, 0.15) is 0 Å². The predicted octanol–water partition coefficient (Wildman–Crippen LogP) is 2.05. The lowest BCUT2D eigenvalue weighted by Crippen LogP contribution is -2.27. The number of hydrogen-bond donors (Lipinski definition) is 1. The molecule has 1 amide bonds. The Hall–Kier alpha value is -3.95. The second-order valence-corrected chi connectivity index (χ2v) is 6.68. The SMILES string of the molecule is CCOC(=O)CCNC(=O)c1cnn(-c2nccc(-c3ccc4c(c3)OCO4)n2)c1C. The van der Waals surface area contributed by atoms with Crippen LogP contribution < -0.4 is 14.8 Å². The number of ether oxygens (including phenoxy) is 3. The van der Waals surface area contributed by atoms with Gasteiger partial charge in [-0.3, -0.25) is 9.59 Å². The van der Waals surface area contributed by atoms with Crippen molar-refractivity contribution in [3.63, 3.8) is 0 Å². The van der Waals surface area contributed by atoms with Crippen molar-refractivity contribution in [1.29, 1.82) is 0 Å². The molecule has 3 aromatic rings. The molecule has 4 rings (SSSR count). The zero-order chi connectivity index (χ0) is 21.8. The summed E-state index contributed by atoms with van der Waals surface area (Å²) >= 11 is 0. The molecule has 1 aliphatic heterocycles. The Morgan fingerprint density at radius 2 is 2.06 bits per heavy atom. The molecule has 0 spiro atoms. The number of carbonyl (C=O) groups is 2. The van der Waals surface area contributed by atoms with E-state index in [1.54, 1.807) is 26.1 Å². The fraction of sp³-hybridized carbons (Fsp3) is 0.286. The Kier molecular flexibility index (Phi) is 5.78. The van der Waals surface area contributed by atoms with Crippen LogP contribution in [0.4, 0.5) is 0 Å². The van der Waals surface area contributed by atoms with Crippen LogP contribution in [0.15, 0.2) is 36.7 Å². The van der Waals surface area contributed by atoms with Crippen molar-refractivity contribution in [2.75, 3.05) is 19.9 Å². The van der Waals surface area contributed by atoms with Gasteiger partial charge in [-0.2, -0.15) is 5.10 Å². The summed E-state index contributed by atoms with van der Waals surface area (Å²) in [4.78, 5) is 32.7. The Balaban J connectivity index is 1.51. The van der Waals surface area contributed by atoms with E-state index in [1.165, 1.54) is 10.9 Å². The van der Waals surface area contributed by atoms with E-state index in [1.807, 2.05) is 18.2 Å². The van der Waals surface area contributed by atoms with Crippen LogP contribution in [0, 0.1) is 6.92 Å². The van der Waals surface area contributed by atoms with E-state index in [4.69, 9.17) is 14.2 Å². The van der Waals surface area contributed by atoms with Gasteiger partial charge < -0.3 is 19.5 Å². The van der Waals surface area contributed by atoms with Gasteiger partial charge in [0.15, 0.2) is 11.5 Å². The summed E-state index contributed by atoms with van der Waals surface area (Å²) < 4.78 is 17.1. The quantitative estimate of drug-likeness (QED) is 0.574. The van der Waals surface area contributed by atoms with E-state index >= 15 is 0 Å². The summed E-state index contributed by atoms with van der Waals surface area (Å²) in [5.41, 5.74) is 2.48. The normalized spacial score (nSPS) is 11.9. The minimum absolute atomic E-state index is 0.105. The molecule has 0 radical (unpaired) electrons. The summed E-state index contributed by atoms with van der Waals surface area (Å²) in [5.74, 6) is 0.997. The number of carbonyl (C=O) groups excluding carboxylic acids is 2. The first kappa shape index (κ1) is 20.3. The molecule has 1 aliphatic rings. The predicted molar refractivity (Wildman–Crippen MR) is 109 cm³/mol. The largest absolute Gasteiger partial charge is 0.466 e. The average Bonchev–Trinajstić information content (AvgIpc) is 3.40. The minimum Gasteiger partial charge on any atom is -0.466 e. The van der Waals surface area contributed by atoms with Crippen LogP contribution in [0.25, 0.3) is 17.2 Å². The zero-order valence-corrected chi connectivity index (χ0v) is 17.1. The molecule has 1 N–H and O–H groups in total. The topological polar surface area (TPSA) is 117 Å². The Morgan fingerprint density at radius 1 is 1.23 bits per heavy atom. The van der Waals surface area contributed by atoms with E-state index in [9.17, 15) is 9.59 Å². The Labute approximate surface area is 178 Å². The van der Waals surface area contributed by atoms with Crippen molar-refractivity contribution < 1.29 is 23.8 Å². The maximum Gasteiger partial charge on any atom is 0.307 e. The lowest BCUT2D eigenvalue weighted by atomic mass is 10.1. The van der Waals surface area contributed by atoms with Crippen molar-refractivity contribution in [2.24, 2.45) is 0 Å². The molecule has 1 aromatic carbocycles. The summed E-state index contributed by atoms with van der Waals surface area (Å²) in [7, 11) is 0. The van der Waals surface area contributed by atoms with E-state index in [0.29, 0.717) is 41.0 Å². The van der Waals surface area contributed by atoms with Crippen LogP contribution in [0.2, 0.25) is 0 Å². The third-order valence-electron chi connectivity index (χ3n) is 4.68. The number of rotatable bonds is 7. The molecule has 160 valence electrons. The Morgan fingerprint density at radius 3 is 2.90 bits per heavy atom. The Bertz CT molecular complexity index is 1130. The van der Waals surface area contributed by atoms with Crippen molar-refractivity contribution in [2.45, 2.75) is 20.3 Å². The highest BCUT2D eigenvalue weighted by Crippen LogP contribution is 2.35. The number of hydrogen-bond acceptors (Lipinski definition) is 8. The maximum absolute atomic E-state index is 12.5. The van der Waals surface area contributed by atoms with Gasteiger partial charge in [-0.15, -0.1) is 0 Å². The summed E-state index contributed by atoms with van der Waals surface area (Å²) in [5, 5.41) is 6.96. The molecule has 0 bridgehead atoms. The van der Waals surface area contributed by atoms with Crippen molar-refractivity contribution in [3.8, 4) is 28.7 Å². The van der Waals surface area contributed by atoms with Crippen LogP contribution in [-0.4, -0.2) is 51.6 Å². The van der Waals surface area contributed by atoms with Gasteiger partial charge in [0, 0.05) is 18.3 Å². The minimum atomic E-state index is -0.357. The fourth-order valence-electron chi connectivity index (χ4n) is 3.11. The highest BCUT2D eigenvalue weighted by atomic mass is 16.7. The van der Waals surface area contributed by atoms with Gasteiger partial charge in [0.25, 0.3) is 11.9 Å². The molecular weight excluding hydrogens is 402 g/mol. The van der Waals surface area contributed by atoms with Crippen molar-refractivity contribution >= 4 is 11.9 Å². The highest BCUT2D eigenvalue weighted by Gasteiger charge is 2.18. The molecule has 10 nitrogen and oxygen atoms in total. The first-order chi connectivity index (χ1) is 15.1. The lowest BCUT2D eigenvalue weighted by molar-refractivity contribution is -0.142. The smallest absolute Gasteiger partial charge is 0.307 e. The molecule has 0 fully saturated rings. The van der Waals surface area contributed by atoms with Crippen LogP contribution in [0.5, 0.6) is 11.5 Å². The van der Waals surface area contributed by atoms with Crippen LogP contribution >= 0.6 is 0 Å². The number of fused-ring (bicyclic) bond motifs is 1. The van der Waals surface area contributed by atoms with Gasteiger partial charge in [0.2, 0.25) is 6.79 Å². The lowest BCUT2D eigenvalue weighted by Gasteiger charge is -2.07. The number of benzene rings is 1. The van der Waals surface area contributed by atoms with Gasteiger partial charge in [-0.05, 0) is 38.1 Å². The molecule has 0 aliphatic carbocycles. The average molecular weight is 423 g/mol. The molecular formula is C21H21N5O5. The maximum atomic E-state index is 12.5. The van der Waals surface area contributed by atoms with Crippen molar-refractivity contribution in [3.05, 3.63) is 47.9 Å². The van der Waals surface area contributed by atoms with Gasteiger partial charge in [0.05, 0.1) is 36.2 Å². The molecule has 31 heavy (non-hydrogen) atoms. The second-order valence-electron chi connectivity index (χ2n) is 6.68. The van der Waals surface area contributed by atoms with E-state index in [2.05, 4.69) is 20.4 Å². The van der Waals surface area contributed by atoms with E-state index < -0.39 is 0 Å². The van der Waals surface area contributed by atoms with E-state index in [0.717, 1.165) is 5.56 Å². The summed E-state index contributed by atoms with van der Waals surface area (Å²) in [6.07, 6.45) is 3.18. The first-order valence-electron chi connectivity index (χ1n) is 9.78. The highest BCUT2D eigenvalue weighted by molar-refractivity contribution is 5.95. The summed E-state index contributed by atoms with van der Waals surface area (Å²) in [6, 6.07) is 7.35. The van der Waals surface area contributed by atoms with Gasteiger partial charge in [-0.25, -0.2) is 14.6 Å². The molecule has 0 atom stereocenters. The number of aromatic nitrogens is 4. The first-order valence-corrected chi connectivity index (χ1v) is 9.78. The number of esters is 1. The zero-order valence-electron chi connectivity index (χ0n) is 17.1. The second kappa shape index (κ2) is 8.82. The molecule has 2 aromatic heterocycles. The standard InChI is InChI=1S/C21H21N5O5/c1-3-29-19(27)7-9-22-20(28)15-11-24-26(13(15)2)21-23-8-6-16(25-21)14-4-5-17-18(10-14)31-12-30-17/h4-6,8,10-11H,3,7,9,12H2,1-2H3,(H,22,28). The number of nitrogens with one attached hydrogen (secondary N) is 1. The monoisotopic (exact) mass is 423 g/mol. The summed E-state index contributed by atoms with van der Waals surface area (Å²) in [6.45, 7) is 4.18. The van der Waals surface area contributed by atoms with Gasteiger partial charge >= 0.3 is 5.97 Å². The van der Waals surface area contributed by atoms with Crippen LogP contribution in [0.3, 0.4) is 0 Å².